The summed E-state index contributed by atoms with van der Waals surface area (Å²) in [7, 11) is 0. The van der Waals surface area contributed by atoms with Gasteiger partial charge in [0.05, 0.1) is 12.4 Å². The molecule has 0 aromatic rings. The van der Waals surface area contributed by atoms with Gasteiger partial charge in [0.25, 0.3) is 0 Å². The lowest BCUT2D eigenvalue weighted by molar-refractivity contribution is 0.785. The van der Waals surface area contributed by atoms with E-state index in [-0.39, 0.29) is 0 Å². The van der Waals surface area contributed by atoms with Gasteiger partial charge in [0.1, 0.15) is 0 Å². The maximum atomic E-state index is 5.59. The summed E-state index contributed by atoms with van der Waals surface area (Å²) in [5, 5.41) is 0.750. The first-order valence-electron chi connectivity index (χ1n) is 4.23. The van der Waals surface area contributed by atoms with E-state index < -0.39 is 0 Å². The Hall–Kier alpha value is -0.180. The highest BCUT2D eigenvalue weighted by atomic mass is 32.2. The van der Waals surface area contributed by atoms with Gasteiger partial charge in [-0.25, -0.2) is 0 Å². The summed E-state index contributed by atoms with van der Waals surface area (Å²) in [6, 6.07) is 0. The molecule has 1 unspecified atom stereocenters. The molecule has 0 saturated carbocycles. The fraction of sp³-hybridized carbons (Fsp3) is 0.875. The minimum Gasteiger partial charge on any atom is -0.387 e. The molecule has 0 aromatic carbocycles. The number of nitrogens with two attached hydrogens (primary N) is 1. The SMILES string of the molecule is CCC(N)=NCC1CCCS1. The topological polar surface area (TPSA) is 38.4 Å². The Bertz CT molecular complexity index is 139. The monoisotopic (exact) mass is 172 g/mol. The van der Waals surface area contributed by atoms with Crippen molar-refractivity contribution in [1.29, 1.82) is 0 Å². The van der Waals surface area contributed by atoms with Crippen molar-refractivity contribution in [3.05, 3.63) is 0 Å². The van der Waals surface area contributed by atoms with Crippen LogP contribution in [0.2, 0.25) is 0 Å². The van der Waals surface area contributed by atoms with E-state index in [1.54, 1.807) is 0 Å². The number of rotatable bonds is 3. The molecule has 1 heterocycles. The van der Waals surface area contributed by atoms with Gasteiger partial charge in [0, 0.05) is 11.7 Å². The fourth-order valence-electron chi connectivity index (χ4n) is 1.12. The zero-order chi connectivity index (χ0) is 8.10. The van der Waals surface area contributed by atoms with Gasteiger partial charge in [-0.2, -0.15) is 11.8 Å². The van der Waals surface area contributed by atoms with E-state index in [4.69, 9.17) is 5.73 Å². The number of thioether (sulfide) groups is 1. The first kappa shape index (κ1) is 8.91. The van der Waals surface area contributed by atoms with Crippen LogP contribution in [0.25, 0.3) is 0 Å². The van der Waals surface area contributed by atoms with Crippen LogP contribution in [-0.2, 0) is 0 Å². The molecule has 1 rings (SSSR count). The second-order valence-electron chi connectivity index (χ2n) is 2.82. The van der Waals surface area contributed by atoms with Gasteiger partial charge < -0.3 is 5.73 Å². The van der Waals surface area contributed by atoms with E-state index >= 15 is 0 Å². The molecule has 1 atom stereocenters. The third-order valence-corrected chi connectivity index (χ3v) is 3.26. The molecular weight excluding hydrogens is 156 g/mol. The zero-order valence-corrected chi connectivity index (χ0v) is 7.86. The molecule has 0 spiro atoms. The minimum atomic E-state index is 0.750. The molecule has 0 amide bonds. The largest absolute Gasteiger partial charge is 0.387 e. The highest BCUT2D eigenvalue weighted by molar-refractivity contribution is 8.00. The van der Waals surface area contributed by atoms with Gasteiger partial charge in [-0.1, -0.05) is 6.92 Å². The summed E-state index contributed by atoms with van der Waals surface area (Å²) in [5.74, 6) is 2.11. The predicted molar refractivity (Wildman–Crippen MR) is 52.3 cm³/mol. The van der Waals surface area contributed by atoms with Crippen molar-refractivity contribution >= 4 is 17.6 Å². The summed E-state index contributed by atoms with van der Waals surface area (Å²) in [6.07, 6.45) is 3.57. The molecule has 0 bridgehead atoms. The van der Waals surface area contributed by atoms with Crippen molar-refractivity contribution in [2.45, 2.75) is 31.4 Å². The number of nitrogens with zero attached hydrogens (tertiary/aromatic N) is 1. The Morgan fingerprint density at radius 3 is 3.09 bits per heavy atom. The molecule has 3 heteroatoms. The molecule has 11 heavy (non-hydrogen) atoms. The molecule has 0 aliphatic carbocycles. The summed E-state index contributed by atoms with van der Waals surface area (Å²) >= 11 is 2.03. The standard InChI is InChI=1S/C8H16N2S/c1-2-8(9)10-6-7-4-3-5-11-7/h7H,2-6H2,1H3,(H2,9,10). The minimum absolute atomic E-state index is 0.750. The molecule has 1 saturated heterocycles. The lowest BCUT2D eigenvalue weighted by Crippen LogP contribution is -2.13. The summed E-state index contributed by atoms with van der Waals surface area (Å²) in [5.41, 5.74) is 5.59. The van der Waals surface area contributed by atoms with E-state index in [9.17, 15) is 0 Å². The maximum absolute atomic E-state index is 5.59. The van der Waals surface area contributed by atoms with E-state index in [2.05, 4.69) is 4.99 Å². The normalized spacial score (nSPS) is 25.9. The van der Waals surface area contributed by atoms with Crippen LogP contribution in [0.5, 0.6) is 0 Å². The third-order valence-electron chi connectivity index (χ3n) is 1.88. The van der Waals surface area contributed by atoms with E-state index in [1.807, 2.05) is 18.7 Å². The molecule has 2 N–H and O–H groups in total. The molecular formula is C8H16N2S. The molecule has 0 radical (unpaired) electrons. The highest BCUT2D eigenvalue weighted by Gasteiger charge is 2.14. The van der Waals surface area contributed by atoms with Crippen molar-refractivity contribution in [1.82, 2.24) is 0 Å². The van der Waals surface area contributed by atoms with Gasteiger partial charge in [-0.3, -0.25) is 4.99 Å². The molecule has 1 aliphatic rings. The van der Waals surface area contributed by atoms with Crippen LogP contribution in [0.1, 0.15) is 26.2 Å². The number of aliphatic imine (C=N–C) groups is 1. The predicted octanol–water partition coefficient (Wildman–Crippen LogP) is 1.65. The number of amidine groups is 1. The van der Waals surface area contributed by atoms with E-state index in [0.717, 1.165) is 24.1 Å². The molecule has 64 valence electrons. The Kier molecular flexibility index (Phi) is 3.77. The Morgan fingerprint density at radius 2 is 2.55 bits per heavy atom. The summed E-state index contributed by atoms with van der Waals surface area (Å²) < 4.78 is 0. The molecule has 2 nitrogen and oxygen atoms in total. The lowest BCUT2D eigenvalue weighted by atomic mass is 10.2. The Morgan fingerprint density at radius 1 is 1.73 bits per heavy atom. The van der Waals surface area contributed by atoms with Crippen molar-refractivity contribution in [2.75, 3.05) is 12.3 Å². The number of hydrogen-bond acceptors (Lipinski definition) is 2. The first-order valence-corrected chi connectivity index (χ1v) is 5.28. The molecule has 0 aromatic heterocycles. The van der Waals surface area contributed by atoms with E-state index in [1.165, 1.54) is 18.6 Å². The van der Waals surface area contributed by atoms with Crippen molar-refractivity contribution in [3.63, 3.8) is 0 Å². The quantitative estimate of drug-likeness (QED) is 0.519. The third kappa shape index (κ3) is 3.14. The summed E-state index contributed by atoms with van der Waals surface area (Å²) in [4.78, 5) is 4.30. The smallest absolute Gasteiger partial charge is 0.0934 e. The van der Waals surface area contributed by atoms with Crippen LogP contribution >= 0.6 is 11.8 Å². The highest BCUT2D eigenvalue weighted by Crippen LogP contribution is 2.25. The second kappa shape index (κ2) is 4.65. The fourth-order valence-corrected chi connectivity index (χ4v) is 2.30. The van der Waals surface area contributed by atoms with Gasteiger partial charge in [-0.15, -0.1) is 0 Å². The van der Waals surface area contributed by atoms with Gasteiger partial charge in [0.2, 0.25) is 0 Å². The van der Waals surface area contributed by atoms with Crippen molar-refractivity contribution in [2.24, 2.45) is 10.7 Å². The van der Waals surface area contributed by atoms with E-state index in [0.29, 0.717) is 0 Å². The second-order valence-corrected chi connectivity index (χ2v) is 4.23. The molecule has 1 aliphatic heterocycles. The Balaban J connectivity index is 2.19. The van der Waals surface area contributed by atoms with Gasteiger partial charge in [0.15, 0.2) is 0 Å². The average molecular weight is 172 g/mol. The van der Waals surface area contributed by atoms with Gasteiger partial charge >= 0.3 is 0 Å². The van der Waals surface area contributed by atoms with Crippen molar-refractivity contribution < 1.29 is 0 Å². The van der Waals surface area contributed by atoms with Crippen molar-refractivity contribution in [3.8, 4) is 0 Å². The number of hydrogen-bond donors (Lipinski definition) is 1. The lowest BCUT2D eigenvalue weighted by Gasteiger charge is -2.03. The van der Waals surface area contributed by atoms with Crippen LogP contribution in [-0.4, -0.2) is 23.4 Å². The van der Waals surface area contributed by atoms with Crippen LogP contribution in [0.4, 0.5) is 0 Å². The van der Waals surface area contributed by atoms with Crippen LogP contribution in [0.15, 0.2) is 4.99 Å². The van der Waals surface area contributed by atoms with Gasteiger partial charge in [-0.05, 0) is 18.6 Å². The molecule has 1 fully saturated rings. The zero-order valence-electron chi connectivity index (χ0n) is 7.05. The Labute approximate surface area is 72.6 Å². The first-order chi connectivity index (χ1) is 5.33. The van der Waals surface area contributed by atoms with Crippen LogP contribution < -0.4 is 5.73 Å². The van der Waals surface area contributed by atoms with Crippen LogP contribution in [0, 0.1) is 0 Å². The average Bonchev–Trinajstić information content (AvgIpc) is 2.52. The summed E-state index contributed by atoms with van der Waals surface area (Å²) in [6.45, 7) is 2.98. The van der Waals surface area contributed by atoms with Crippen LogP contribution in [0.3, 0.4) is 0 Å². The maximum Gasteiger partial charge on any atom is 0.0934 e.